The SMILES string of the molecule is CCCC(=O)OC(=O)[C@H](OC(=O)CCC)c1ccccc1. The van der Waals surface area contributed by atoms with E-state index < -0.39 is 24.0 Å². The second kappa shape index (κ2) is 8.89. The van der Waals surface area contributed by atoms with Crippen molar-refractivity contribution in [2.45, 2.75) is 45.6 Å². The Labute approximate surface area is 124 Å². The highest BCUT2D eigenvalue weighted by atomic mass is 16.6. The molecule has 0 amide bonds. The molecule has 0 radical (unpaired) electrons. The van der Waals surface area contributed by atoms with Crippen LogP contribution in [0.25, 0.3) is 0 Å². The van der Waals surface area contributed by atoms with Gasteiger partial charge in [0, 0.05) is 18.4 Å². The van der Waals surface area contributed by atoms with Crippen LogP contribution in [-0.4, -0.2) is 17.9 Å². The molecular weight excluding hydrogens is 272 g/mol. The Morgan fingerprint density at radius 2 is 1.52 bits per heavy atom. The van der Waals surface area contributed by atoms with Gasteiger partial charge in [-0.05, 0) is 12.8 Å². The summed E-state index contributed by atoms with van der Waals surface area (Å²) < 4.78 is 9.88. The molecule has 1 aromatic carbocycles. The lowest BCUT2D eigenvalue weighted by atomic mass is 10.1. The Kier molecular flexibility index (Phi) is 7.15. The third kappa shape index (κ3) is 5.77. The molecular formula is C16H20O5. The number of rotatable bonds is 7. The van der Waals surface area contributed by atoms with Gasteiger partial charge in [0.1, 0.15) is 0 Å². The highest BCUT2D eigenvalue weighted by Crippen LogP contribution is 2.20. The number of carbonyl (C=O) groups excluding carboxylic acids is 3. The predicted molar refractivity (Wildman–Crippen MR) is 76.2 cm³/mol. The second-order valence-electron chi connectivity index (χ2n) is 4.57. The quantitative estimate of drug-likeness (QED) is 0.571. The highest BCUT2D eigenvalue weighted by molar-refractivity contribution is 5.89. The molecule has 0 bridgehead atoms. The molecule has 0 aliphatic rings. The number of benzene rings is 1. The summed E-state index contributed by atoms with van der Waals surface area (Å²) in [7, 11) is 0. The van der Waals surface area contributed by atoms with E-state index in [1.807, 2.05) is 13.8 Å². The normalized spacial score (nSPS) is 11.5. The lowest BCUT2D eigenvalue weighted by Crippen LogP contribution is -2.24. The van der Waals surface area contributed by atoms with Gasteiger partial charge in [-0.25, -0.2) is 4.79 Å². The van der Waals surface area contributed by atoms with E-state index in [1.165, 1.54) is 0 Å². The summed E-state index contributed by atoms with van der Waals surface area (Å²) in [4.78, 5) is 35.1. The zero-order valence-corrected chi connectivity index (χ0v) is 12.3. The van der Waals surface area contributed by atoms with E-state index in [-0.39, 0.29) is 12.8 Å². The number of ether oxygens (including phenoxy) is 2. The smallest absolute Gasteiger partial charge is 0.359 e. The van der Waals surface area contributed by atoms with Crippen molar-refractivity contribution in [3.63, 3.8) is 0 Å². The van der Waals surface area contributed by atoms with Crippen LogP contribution in [0, 0.1) is 0 Å². The van der Waals surface area contributed by atoms with Gasteiger partial charge in [-0.15, -0.1) is 0 Å². The molecule has 21 heavy (non-hydrogen) atoms. The Morgan fingerprint density at radius 1 is 0.952 bits per heavy atom. The van der Waals surface area contributed by atoms with E-state index in [2.05, 4.69) is 0 Å². The lowest BCUT2D eigenvalue weighted by molar-refractivity contribution is -0.174. The molecule has 0 aliphatic heterocycles. The van der Waals surface area contributed by atoms with E-state index in [4.69, 9.17) is 9.47 Å². The molecule has 0 saturated carbocycles. The number of hydrogen-bond acceptors (Lipinski definition) is 5. The van der Waals surface area contributed by atoms with Crippen LogP contribution in [0.4, 0.5) is 0 Å². The zero-order chi connectivity index (χ0) is 15.7. The van der Waals surface area contributed by atoms with E-state index in [1.54, 1.807) is 30.3 Å². The van der Waals surface area contributed by atoms with Crippen molar-refractivity contribution >= 4 is 17.9 Å². The minimum atomic E-state index is -1.20. The van der Waals surface area contributed by atoms with Crippen LogP contribution in [-0.2, 0) is 23.9 Å². The van der Waals surface area contributed by atoms with Gasteiger partial charge in [0.25, 0.3) is 0 Å². The van der Waals surface area contributed by atoms with Crippen molar-refractivity contribution in [2.75, 3.05) is 0 Å². The first-order valence-corrected chi connectivity index (χ1v) is 7.07. The van der Waals surface area contributed by atoms with Crippen molar-refractivity contribution in [1.82, 2.24) is 0 Å². The van der Waals surface area contributed by atoms with Gasteiger partial charge in [-0.1, -0.05) is 44.2 Å². The van der Waals surface area contributed by atoms with Crippen LogP contribution in [0.5, 0.6) is 0 Å². The fourth-order valence-electron chi connectivity index (χ4n) is 1.70. The van der Waals surface area contributed by atoms with Crippen LogP contribution in [0.1, 0.15) is 51.2 Å². The summed E-state index contributed by atoms with van der Waals surface area (Å²) in [5, 5.41) is 0. The van der Waals surface area contributed by atoms with Crippen LogP contribution in [0.3, 0.4) is 0 Å². The molecule has 0 aliphatic carbocycles. The Bertz CT molecular complexity index is 481. The first-order valence-electron chi connectivity index (χ1n) is 7.07. The molecule has 114 valence electrons. The summed E-state index contributed by atoms with van der Waals surface area (Å²) in [5.74, 6) is -1.97. The van der Waals surface area contributed by atoms with Gasteiger partial charge in [0.15, 0.2) is 0 Å². The summed E-state index contributed by atoms with van der Waals surface area (Å²) in [6.07, 6.45) is 0.350. The van der Waals surface area contributed by atoms with Crippen LogP contribution < -0.4 is 0 Å². The first-order chi connectivity index (χ1) is 10.1. The Morgan fingerprint density at radius 3 is 2.10 bits per heavy atom. The van der Waals surface area contributed by atoms with Crippen LogP contribution in [0.15, 0.2) is 30.3 Å². The van der Waals surface area contributed by atoms with Gasteiger partial charge in [-0.3, -0.25) is 9.59 Å². The first kappa shape index (κ1) is 16.9. The Balaban J connectivity index is 2.83. The van der Waals surface area contributed by atoms with Crippen LogP contribution in [0.2, 0.25) is 0 Å². The second-order valence-corrected chi connectivity index (χ2v) is 4.57. The molecule has 1 atom stereocenters. The maximum absolute atomic E-state index is 12.0. The van der Waals surface area contributed by atoms with Gasteiger partial charge < -0.3 is 9.47 Å². The van der Waals surface area contributed by atoms with Crippen molar-refractivity contribution in [3.8, 4) is 0 Å². The van der Waals surface area contributed by atoms with Gasteiger partial charge >= 0.3 is 17.9 Å². The molecule has 0 saturated heterocycles. The van der Waals surface area contributed by atoms with E-state index in [0.717, 1.165) is 0 Å². The third-order valence-corrected chi connectivity index (χ3v) is 2.69. The molecule has 5 heteroatoms. The number of esters is 3. The maximum atomic E-state index is 12.0. The van der Waals surface area contributed by atoms with Crippen molar-refractivity contribution < 1.29 is 23.9 Å². The number of carbonyl (C=O) groups is 3. The minimum Gasteiger partial charge on any atom is -0.445 e. The monoisotopic (exact) mass is 292 g/mol. The molecule has 0 N–H and O–H groups in total. The summed E-state index contributed by atoms with van der Waals surface area (Å²) >= 11 is 0. The predicted octanol–water partition coefficient (Wildman–Crippen LogP) is 2.94. The lowest BCUT2D eigenvalue weighted by Gasteiger charge is -2.16. The topological polar surface area (TPSA) is 69.7 Å². The van der Waals surface area contributed by atoms with Gasteiger partial charge in [0.05, 0.1) is 0 Å². The molecule has 0 heterocycles. The van der Waals surface area contributed by atoms with E-state index in [0.29, 0.717) is 18.4 Å². The number of hydrogen-bond donors (Lipinski definition) is 0. The summed E-state index contributed by atoms with van der Waals surface area (Å²) in [5.41, 5.74) is 0.483. The largest absolute Gasteiger partial charge is 0.445 e. The van der Waals surface area contributed by atoms with Gasteiger partial charge in [-0.2, -0.15) is 0 Å². The van der Waals surface area contributed by atoms with E-state index in [9.17, 15) is 14.4 Å². The van der Waals surface area contributed by atoms with Crippen molar-refractivity contribution in [1.29, 1.82) is 0 Å². The molecule has 0 fully saturated rings. The van der Waals surface area contributed by atoms with Crippen molar-refractivity contribution in [2.24, 2.45) is 0 Å². The molecule has 1 rings (SSSR count). The molecule has 1 aromatic rings. The zero-order valence-electron chi connectivity index (χ0n) is 12.3. The minimum absolute atomic E-state index is 0.149. The van der Waals surface area contributed by atoms with E-state index >= 15 is 0 Å². The standard InChI is InChI=1S/C16H20O5/c1-3-8-13(17)20-15(12-10-6-5-7-11-12)16(19)21-14(18)9-4-2/h5-7,10-11,15H,3-4,8-9H2,1-2H3/t15-/m1/s1. The fraction of sp³-hybridized carbons (Fsp3) is 0.438. The van der Waals surface area contributed by atoms with Crippen molar-refractivity contribution in [3.05, 3.63) is 35.9 Å². The maximum Gasteiger partial charge on any atom is 0.359 e. The fourth-order valence-corrected chi connectivity index (χ4v) is 1.70. The highest BCUT2D eigenvalue weighted by Gasteiger charge is 2.28. The summed E-state index contributed by atoms with van der Waals surface area (Å²) in [6, 6.07) is 8.52. The summed E-state index contributed by atoms with van der Waals surface area (Å²) in [6.45, 7) is 3.64. The van der Waals surface area contributed by atoms with Crippen LogP contribution >= 0.6 is 0 Å². The average molecular weight is 292 g/mol. The molecule has 0 unspecified atom stereocenters. The van der Waals surface area contributed by atoms with Gasteiger partial charge in [0.2, 0.25) is 6.10 Å². The third-order valence-electron chi connectivity index (χ3n) is 2.69. The average Bonchev–Trinajstić information content (AvgIpc) is 2.46. The molecule has 0 spiro atoms. The molecule has 0 aromatic heterocycles. The molecule has 5 nitrogen and oxygen atoms in total. The Hall–Kier alpha value is -2.17.